The van der Waals surface area contributed by atoms with Crippen molar-refractivity contribution < 1.29 is 9.59 Å². The van der Waals surface area contributed by atoms with Gasteiger partial charge in [0.25, 0.3) is 11.8 Å². The molecule has 0 spiro atoms. The minimum absolute atomic E-state index is 0.0749. The molecule has 0 bridgehead atoms. The smallest absolute Gasteiger partial charge is 0.293 e. The first-order chi connectivity index (χ1) is 14.6. The van der Waals surface area contributed by atoms with E-state index in [0.717, 1.165) is 35.6 Å². The number of para-hydroxylation sites is 1. The zero-order valence-corrected chi connectivity index (χ0v) is 16.8. The van der Waals surface area contributed by atoms with Crippen molar-refractivity contribution in [2.24, 2.45) is 11.8 Å². The number of hydrogen-bond acceptors (Lipinski definition) is 4. The molecule has 2 amide bonds. The Hall–Kier alpha value is -3.48. The molecule has 1 aromatic heterocycles. The number of aromatic nitrogens is 3. The Morgan fingerprint density at radius 2 is 1.77 bits per heavy atom. The van der Waals surface area contributed by atoms with E-state index in [1.165, 1.54) is 0 Å². The number of aryl methyl sites for hydroxylation is 1. The first kappa shape index (κ1) is 18.5. The fourth-order valence-corrected chi connectivity index (χ4v) is 4.53. The molecule has 0 unspecified atom stereocenters. The van der Waals surface area contributed by atoms with Crippen molar-refractivity contribution in [1.82, 2.24) is 19.7 Å². The van der Waals surface area contributed by atoms with Gasteiger partial charge in [-0.1, -0.05) is 35.9 Å². The molecule has 0 aliphatic carbocycles. The number of hydrogen-bond donors (Lipinski definition) is 1. The normalized spacial score (nSPS) is 19.8. The molecule has 2 aromatic carbocycles. The quantitative estimate of drug-likeness (QED) is 0.732. The Labute approximate surface area is 174 Å². The van der Waals surface area contributed by atoms with Crippen molar-refractivity contribution in [3.8, 4) is 0 Å². The van der Waals surface area contributed by atoms with Gasteiger partial charge in [-0.3, -0.25) is 9.59 Å². The van der Waals surface area contributed by atoms with E-state index < -0.39 is 0 Å². The molecule has 1 N–H and O–H groups in total. The lowest BCUT2D eigenvalue weighted by molar-refractivity contribution is 0.0783. The largest absolute Gasteiger partial charge is 0.338 e. The molecule has 2 aliphatic rings. The molecule has 152 valence electrons. The predicted molar refractivity (Wildman–Crippen MR) is 112 cm³/mol. The van der Waals surface area contributed by atoms with E-state index in [-0.39, 0.29) is 11.8 Å². The minimum Gasteiger partial charge on any atom is -0.338 e. The number of benzene rings is 2. The van der Waals surface area contributed by atoms with Crippen LogP contribution < -0.4 is 5.32 Å². The Bertz CT molecular complexity index is 1110. The lowest BCUT2D eigenvalue weighted by Crippen LogP contribution is -2.31. The van der Waals surface area contributed by atoms with E-state index in [0.29, 0.717) is 30.7 Å². The van der Waals surface area contributed by atoms with Crippen LogP contribution in [0.25, 0.3) is 0 Å². The third kappa shape index (κ3) is 3.36. The van der Waals surface area contributed by atoms with Crippen LogP contribution >= 0.6 is 0 Å². The molecule has 0 saturated carbocycles. The maximum Gasteiger partial charge on any atom is 0.293 e. The van der Waals surface area contributed by atoms with Crippen LogP contribution in [0.2, 0.25) is 0 Å². The topological polar surface area (TPSA) is 80.1 Å². The first-order valence-corrected chi connectivity index (χ1v) is 10.2. The molecular formula is C23H23N5O2. The average molecular weight is 401 g/mol. The number of rotatable bonds is 3. The van der Waals surface area contributed by atoms with Gasteiger partial charge in [0.15, 0.2) is 0 Å². The van der Waals surface area contributed by atoms with Gasteiger partial charge in [0.2, 0.25) is 5.82 Å². The summed E-state index contributed by atoms with van der Waals surface area (Å²) in [5.74, 6) is 1.61. The van der Waals surface area contributed by atoms with Crippen LogP contribution in [0.15, 0.2) is 54.6 Å². The number of carbonyl (C=O) groups excluding carboxylic acids is 2. The standard InChI is InChI=1S/C23H23N5O2/c1-15-6-5-7-16(10-15)23(30)27-12-17-11-20-25-26-21(28(20)14-18(17)13-27)22(29)24-19-8-3-2-4-9-19/h2-10,17-18H,11-14H2,1H3,(H,24,29)/t17-,18+/m0/s1. The molecule has 2 atom stereocenters. The summed E-state index contributed by atoms with van der Waals surface area (Å²) in [6.07, 6.45) is 0.730. The summed E-state index contributed by atoms with van der Waals surface area (Å²) in [6.45, 7) is 4.06. The number of fused-ring (bicyclic) bond motifs is 2. The first-order valence-electron chi connectivity index (χ1n) is 10.2. The monoisotopic (exact) mass is 401 g/mol. The van der Waals surface area contributed by atoms with Crippen LogP contribution in [0.1, 0.15) is 32.4 Å². The highest BCUT2D eigenvalue weighted by Crippen LogP contribution is 2.33. The molecule has 1 fully saturated rings. The summed E-state index contributed by atoms with van der Waals surface area (Å²) < 4.78 is 1.92. The highest BCUT2D eigenvalue weighted by atomic mass is 16.2. The van der Waals surface area contributed by atoms with Crippen molar-refractivity contribution in [1.29, 1.82) is 0 Å². The molecule has 5 rings (SSSR count). The van der Waals surface area contributed by atoms with Gasteiger partial charge in [-0.25, -0.2) is 0 Å². The van der Waals surface area contributed by atoms with Crippen LogP contribution in [-0.2, 0) is 13.0 Å². The predicted octanol–water partition coefficient (Wildman–Crippen LogP) is 2.78. The summed E-state index contributed by atoms with van der Waals surface area (Å²) in [5.41, 5.74) is 2.54. The van der Waals surface area contributed by atoms with Crippen LogP contribution in [0.5, 0.6) is 0 Å². The average Bonchev–Trinajstić information content (AvgIpc) is 3.35. The second kappa shape index (κ2) is 7.40. The van der Waals surface area contributed by atoms with Gasteiger partial charge in [-0.2, -0.15) is 0 Å². The minimum atomic E-state index is -0.260. The summed E-state index contributed by atoms with van der Waals surface area (Å²) in [6, 6.07) is 17.1. The van der Waals surface area contributed by atoms with Gasteiger partial charge < -0.3 is 14.8 Å². The van der Waals surface area contributed by atoms with Crippen LogP contribution in [0.3, 0.4) is 0 Å². The SMILES string of the molecule is Cc1cccc(C(=O)N2C[C@@H]3Cn4c(nnc4C(=O)Nc4ccccc4)C[C@H]3C2)c1. The van der Waals surface area contributed by atoms with Gasteiger partial charge in [0, 0.05) is 37.3 Å². The second-order valence-electron chi connectivity index (χ2n) is 8.17. The number of likely N-dealkylation sites (tertiary alicyclic amines) is 1. The maximum absolute atomic E-state index is 13.0. The molecule has 0 radical (unpaired) electrons. The molecule has 7 heteroatoms. The summed E-state index contributed by atoms with van der Waals surface area (Å²) in [7, 11) is 0. The van der Waals surface area contributed by atoms with Crippen molar-refractivity contribution in [3.05, 3.63) is 77.4 Å². The summed E-state index contributed by atoms with van der Waals surface area (Å²) in [5, 5.41) is 11.3. The third-order valence-corrected chi connectivity index (χ3v) is 6.05. The van der Waals surface area contributed by atoms with Crippen molar-refractivity contribution >= 4 is 17.5 Å². The number of anilines is 1. The zero-order valence-electron chi connectivity index (χ0n) is 16.8. The fourth-order valence-electron chi connectivity index (χ4n) is 4.53. The Balaban J connectivity index is 1.31. The maximum atomic E-state index is 13.0. The van der Waals surface area contributed by atoms with Crippen LogP contribution in [0.4, 0.5) is 5.69 Å². The summed E-state index contributed by atoms with van der Waals surface area (Å²) in [4.78, 5) is 27.6. The van der Waals surface area contributed by atoms with Gasteiger partial charge in [-0.05, 0) is 43.0 Å². The van der Waals surface area contributed by atoms with Crippen LogP contribution in [-0.4, -0.2) is 44.6 Å². The van der Waals surface area contributed by atoms with Gasteiger partial charge >= 0.3 is 0 Å². The van der Waals surface area contributed by atoms with E-state index in [4.69, 9.17) is 0 Å². The van der Waals surface area contributed by atoms with Gasteiger partial charge in [0.05, 0.1) is 0 Å². The Morgan fingerprint density at radius 3 is 2.57 bits per heavy atom. The van der Waals surface area contributed by atoms with Gasteiger partial charge in [-0.15, -0.1) is 10.2 Å². The molecule has 3 heterocycles. The van der Waals surface area contributed by atoms with E-state index >= 15 is 0 Å². The molecule has 2 aliphatic heterocycles. The number of amides is 2. The van der Waals surface area contributed by atoms with E-state index in [9.17, 15) is 9.59 Å². The Morgan fingerprint density at radius 1 is 0.967 bits per heavy atom. The lowest BCUT2D eigenvalue weighted by Gasteiger charge is -2.25. The number of carbonyl (C=O) groups is 2. The highest BCUT2D eigenvalue weighted by Gasteiger charge is 2.40. The zero-order chi connectivity index (χ0) is 20.7. The van der Waals surface area contributed by atoms with Crippen molar-refractivity contribution in [3.63, 3.8) is 0 Å². The molecule has 7 nitrogen and oxygen atoms in total. The van der Waals surface area contributed by atoms with Crippen molar-refractivity contribution in [2.75, 3.05) is 18.4 Å². The fraction of sp³-hybridized carbons (Fsp3) is 0.304. The van der Waals surface area contributed by atoms with Crippen LogP contribution in [0, 0.1) is 18.8 Å². The van der Waals surface area contributed by atoms with E-state index in [1.807, 2.05) is 71.0 Å². The van der Waals surface area contributed by atoms with E-state index in [1.54, 1.807) is 0 Å². The third-order valence-electron chi connectivity index (χ3n) is 6.05. The highest BCUT2D eigenvalue weighted by molar-refractivity contribution is 6.01. The lowest BCUT2D eigenvalue weighted by atomic mass is 9.89. The Kier molecular flexibility index (Phi) is 4.58. The van der Waals surface area contributed by atoms with Crippen molar-refractivity contribution in [2.45, 2.75) is 19.9 Å². The molecule has 3 aromatic rings. The summed E-state index contributed by atoms with van der Waals surface area (Å²) >= 11 is 0. The molecule has 1 saturated heterocycles. The molecule has 30 heavy (non-hydrogen) atoms. The number of nitrogens with one attached hydrogen (secondary N) is 1. The second-order valence-corrected chi connectivity index (χ2v) is 8.17. The number of nitrogens with zero attached hydrogens (tertiary/aromatic N) is 4. The van der Waals surface area contributed by atoms with E-state index in [2.05, 4.69) is 15.5 Å². The van der Waals surface area contributed by atoms with Gasteiger partial charge in [0.1, 0.15) is 5.82 Å². The molecular weight excluding hydrogens is 378 g/mol.